The Kier molecular flexibility index (Phi) is 5.19. The molecule has 6 nitrogen and oxygen atoms in total. The summed E-state index contributed by atoms with van der Waals surface area (Å²) in [7, 11) is 0. The van der Waals surface area contributed by atoms with Gasteiger partial charge in [0.25, 0.3) is 0 Å². The van der Waals surface area contributed by atoms with Gasteiger partial charge in [0.1, 0.15) is 12.0 Å². The average molecular weight is 556 g/mol. The van der Waals surface area contributed by atoms with Gasteiger partial charge >= 0.3 is 18.1 Å². The van der Waals surface area contributed by atoms with Crippen LogP contribution < -0.4 is 5.32 Å². The average Bonchev–Trinajstić information content (AvgIpc) is 3.23. The lowest BCUT2D eigenvalue weighted by Gasteiger charge is -2.47. The summed E-state index contributed by atoms with van der Waals surface area (Å²) in [6, 6.07) is 13.4. The SMILES string of the molecule is CC1(C)C2(C)CCC3(C(=O)OC[C@@H]4CC[C@@H]5[C@@H](c6ccccc6)Nc6ccc(C(F)(F)F)cc6[C@@H]5O4)OC(=O)C312. The summed E-state index contributed by atoms with van der Waals surface area (Å²) in [5, 5.41) is 3.45. The molecule has 40 heavy (non-hydrogen) atoms. The van der Waals surface area contributed by atoms with Crippen LogP contribution in [0.4, 0.5) is 18.9 Å². The van der Waals surface area contributed by atoms with Gasteiger partial charge in [-0.1, -0.05) is 51.1 Å². The minimum absolute atomic E-state index is 0.0493. The molecule has 0 radical (unpaired) electrons. The Labute approximate surface area is 230 Å². The molecule has 0 bridgehead atoms. The molecule has 9 heteroatoms. The second-order valence-electron chi connectivity index (χ2n) is 12.8. The van der Waals surface area contributed by atoms with Crippen molar-refractivity contribution in [3.8, 4) is 0 Å². The van der Waals surface area contributed by atoms with Gasteiger partial charge in [0, 0.05) is 23.6 Å². The maximum atomic E-state index is 13.6. The first-order valence-electron chi connectivity index (χ1n) is 14.0. The number of nitrogens with one attached hydrogen (secondary N) is 1. The predicted octanol–water partition coefficient (Wildman–Crippen LogP) is 6.37. The number of ether oxygens (including phenoxy) is 3. The van der Waals surface area contributed by atoms with Crippen molar-refractivity contribution >= 4 is 17.6 Å². The molecule has 2 aromatic carbocycles. The molecule has 1 N–H and O–H groups in total. The van der Waals surface area contributed by atoms with Crippen LogP contribution in [-0.2, 0) is 30.0 Å². The number of esters is 2. The van der Waals surface area contributed by atoms with Crippen molar-refractivity contribution < 1.29 is 37.0 Å². The molecule has 0 amide bonds. The molecule has 3 aliphatic heterocycles. The van der Waals surface area contributed by atoms with Crippen LogP contribution in [0.5, 0.6) is 0 Å². The van der Waals surface area contributed by atoms with Crippen LogP contribution in [0.25, 0.3) is 0 Å². The number of fused-ring (bicyclic) bond motifs is 3. The second kappa shape index (κ2) is 8.02. The quantitative estimate of drug-likeness (QED) is 0.442. The molecular weight excluding hydrogens is 523 g/mol. The zero-order valence-corrected chi connectivity index (χ0v) is 22.6. The smallest absolute Gasteiger partial charge is 0.416 e. The molecule has 4 fully saturated rings. The van der Waals surface area contributed by atoms with Crippen LogP contribution >= 0.6 is 0 Å². The molecule has 2 aromatic rings. The molecule has 3 heterocycles. The van der Waals surface area contributed by atoms with E-state index in [-0.39, 0.29) is 35.4 Å². The first kappa shape index (κ1) is 25.9. The van der Waals surface area contributed by atoms with E-state index in [4.69, 9.17) is 14.2 Å². The highest BCUT2D eigenvalue weighted by atomic mass is 19.4. The zero-order valence-electron chi connectivity index (χ0n) is 22.6. The number of anilines is 1. The van der Waals surface area contributed by atoms with Gasteiger partial charge in [0.15, 0.2) is 0 Å². The number of hydrogen-bond donors (Lipinski definition) is 1. The predicted molar refractivity (Wildman–Crippen MR) is 138 cm³/mol. The lowest BCUT2D eigenvalue weighted by molar-refractivity contribution is -0.236. The number of halogens is 3. The lowest BCUT2D eigenvalue weighted by Crippen LogP contribution is -2.65. The minimum atomic E-state index is -4.48. The van der Waals surface area contributed by atoms with Gasteiger partial charge in [-0.25, -0.2) is 4.79 Å². The summed E-state index contributed by atoms with van der Waals surface area (Å²) in [4.78, 5) is 26.2. The molecule has 5 aliphatic rings. The molecule has 3 unspecified atom stereocenters. The van der Waals surface area contributed by atoms with Crippen LogP contribution in [0.2, 0.25) is 0 Å². The van der Waals surface area contributed by atoms with Gasteiger partial charge in [0.2, 0.25) is 5.60 Å². The molecule has 7 atom stereocenters. The van der Waals surface area contributed by atoms with E-state index in [2.05, 4.69) is 5.32 Å². The number of alkyl halides is 3. The van der Waals surface area contributed by atoms with Crippen molar-refractivity contribution in [2.75, 3.05) is 11.9 Å². The topological polar surface area (TPSA) is 73.9 Å². The maximum absolute atomic E-state index is 13.6. The second-order valence-corrected chi connectivity index (χ2v) is 12.8. The van der Waals surface area contributed by atoms with Crippen LogP contribution in [0.15, 0.2) is 48.5 Å². The van der Waals surface area contributed by atoms with Crippen LogP contribution in [0.1, 0.15) is 75.3 Å². The van der Waals surface area contributed by atoms with Crippen molar-refractivity contribution in [3.63, 3.8) is 0 Å². The van der Waals surface area contributed by atoms with Gasteiger partial charge in [-0.2, -0.15) is 13.2 Å². The Bertz CT molecular complexity index is 1410. The minimum Gasteiger partial charge on any atom is -0.460 e. The van der Waals surface area contributed by atoms with Gasteiger partial charge in [-0.3, -0.25) is 4.79 Å². The third-order valence-corrected chi connectivity index (χ3v) is 11.1. The van der Waals surface area contributed by atoms with Crippen LogP contribution in [0.3, 0.4) is 0 Å². The van der Waals surface area contributed by atoms with Crippen LogP contribution in [-0.4, -0.2) is 30.3 Å². The molecule has 1 spiro atoms. The molecule has 212 valence electrons. The van der Waals surface area contributed by atoms with E-state index >= 15 is 0 Å². The molecule has 2 saturated heterocycles. The molecule has 2 aliphatic carbocycles. The highest BCUT2D eigenvalue weighted by Crippen LogP contribution is 2.92. The molecular formula is C31H32F3NO5. The van der Waals surface area contributed by atoms with E-state index in [0.717, 1.165) is 11.6 Å². The normalized spacial score (nSPS) is 38.4. The summed E-state index contributed by atoms with van der Waals surface area (Å²) >= 11 is 0. The highest BCUT2D eigenvalue weighted by Gasteiger charge is 3.01. The Morgan fingerprint density at radius 2 is 1.82 bits per heavy atom. The Hall–Kier alpha value is -3.07. The van der Waals surface area contributed by atoms with E-state index in [1.807, 2.05) is 51.1 Å². The highest BCUT2D eigenvalue weighted by molar-refractivity contribution is 6.04. The maximum Gasteiger partial charge on any atom is 0.416 e. The number of hydrogen-bond acceptors (Lipinski definition) is 6. The van der Waals surface area contributed by atoms with Gasteiger partial charge in [-0.15, -0.1) is 0 Å². The first-order chi connectivity index (χ1) is 18.9. The number of benzene rings is 2. The third-order valence-electron chi connectivity index (χ3n) is 11.1. The number of carbonyl (C=O) groups is 2. The van der Waals surface area contributed by atoms with Crippen molar-refractivity contribution in [1.29, 1.82) is 0 Å². The van der Waals surface area contributed by atoms with Crippen molar-refractivity contribution in [2.45, 2.75) is 76.5 Å². The Morgan fingerprint density at radius 3 is 2.50 bits per heavy atom. The van der Waals surface area contributed by atoms with E-state index in [9.17, 15) is 22.8 Å². The fourth-order valence-electron chi connectivity index (χ4n) is 8.84. The monoisotopic (exact) mass is 555 g/mol. The lowest BCUT2D eigenvalue weighted by atomic mass is 9.73. The zero-order chi connectivity index (χ0) is 28.3. The number of carbonyl (C=O) groups excluding carboxylic acids is 2. The summed E-state index contributed by atoms with van der Waals surface area (Å²) < 4.78 is 58.7. The van der Waals surface area contributed by atoms with Crippen molar-refractivity contribution in [2.24, 2.45) is 22.2 Å². The summed E-state index contributed by atoms with van der Waals surface area (Å²) in [5.41, 5.74) is -1.41. The van der Waals surface area contributed by atoms with Crippen molar-refractivity contribution in [1.82, 2.24) is 0 Å². The third kappa shape index (κ3) is 2.99. The van der Waals surface area contributed by atoms with Crippen LogP contribution in [0, 0.1) is 22.2 Å². The summed E-state index contributed by atoms with van der Waals surface area (Å²) in [6.45, 7) is 6.00. The number of rotatable bonds is 4. The fraction of sp³-hybridized carbons (Fsp3) is 0.548. The van der Waals surface area contributed by atoms with E-state index in [1.165, 1.54) is 12.1 Å². The van der Waals surface area contributed by atoms with Gasteiger partial charge in [-0.05, 0) is 53.9 Å². The molecule has 0 aromatic heterocycles. The van der Waals surface area contributed by atoms with E-state index in [0.29, 0.717) is 36.9 Å². The van der Waals surface area contributed by atoms with E-state index in [1.54, 1.807) is 0 Å². The summed E-state index contributed by atoms with van der Waals surface area (Å²) in [5.74, 6) is -0.980. The molecule has 7 rings (SSSR count). The Morgan fingerprint density at radius 1 is 1.07 bits per heavy atom. The standard InChI is InChI=1S/C31H32F3NO5/c1-27(2)28(3)13-14-29(30(27,28)26(37)40-29)25(36)38-16-19-10-11-20-23(17-7-5-4-6-8-17)35-22-12-9-18(31(32,33)34)15-21(22)24(20)39-19/h4-9,12,15,19-20,23-24,35H,10-11,13-14,16H2,1-3H3/t19-,20+,23+,24+,28?,29?,30?/m0/s1. The Balaban J connectivity index is 1.13. The summed E-state index contributed by atoms with van der Waals surface area (Å²) in [6.07, 6.45) is -3.19. The fourth-order valence-corrected chi connectivity index (χ4v) is 8.84. The van der Waals surface area contributed by atoms with Crippen molar-refractivity contribution in [3.05, 3.63) is 65.2 Å². The first-order valence-corrected chi connectivity index (χ1v) is 14.0. The van der Waals surface area contributed by atoms with E-state index < -0.39 is 40.9 Å². The molecule has 2 saturated carbocycles. The largest absolute Gasteiger partial charge is 0.460 e. The van der Waals surface area contributed by atoms with Gasteiger partial charge in [0.05, 0.1) is 23.8 Å². The van der Waals surface area contributed by atoms with Gasteiger partial charge < -0.3 is 19.5 Å².